The largest absolute Gasteiger partial charge is 0.338 e. The molecule has 2 aromatic heterocycles. The van der Waals surface area contributed by atoms with E-state index < -0.39 is 5.25 Å². The topological polar surface area (TPSA) is 93.3 Å². The van der Waals surface area contributed by atoms with Crippen LogP contribution in [0.1, 0.15) is 40.3 Å². The minimum Gasteiger partial charge on any atom is -0.338 e. The van der Waals surface area contributed by atoms with Crippen molar-refractivity contribution in [2.75, 3.05) is 11.9 Å². The monoisotopic (exact) mass is 457 g/mol. The normalized spacial score (nSPS) is 12.8. The van der Waals surface area contributed by atoms with E-state index in [2.05, 4.69) is 43.1 Å². The molecule has 0 bridgehead atoms. The average Bonchev–Trinajstić information content (AvgIpc) is 3.14. The van der Waals surface area contributed by atoms with Gasteiger partial charge >= 0.3 is 0 Å². The maximum Gasteiger partial charge on any atom is 0.262 e. The van der Waals surface area contributed by atoms with Crippen LogP contribution >= 0.6 is 11.8 Å². The number of nitrogens with one attached hydrogen (secondary N) is 1. The summed E-state index contributed by atoms with van der Waals surface area (Å²) >= 11 is 1.26. The highest BCUT2D eigenvalue weighted by molar-refractivity contribution is 8.00. The first-order valence-corrected chi connectivity index (χ1v) is 11.7. The Kier molecular flexibility index (Phi) is 7.73. The van der Waals surface area contributed by atoms with Gasteiger partial charge in [0.1, 0.15) is 0 Å². The fourth-order valence-electron chi connectivity index (χ4n) is 3.62. The molecule has 0 aliphatic carbocycles. The predicted molar refractivity (Wildman–Crippen MR) is 128 cm³/mol. The van der Waals surface area contributed by atoms with E-state index in [1.807, 2.05) is 18.2 Å². The molecule has 2 heterocycles. The number of aryl methyl sites for hydroxylation is 1. The number of fused-ring (bicyclic) bond motifs is 1. The second-order valence-electron chi connectivity index (χ2n) is 8.38. The summed E-state index contributed by atoms with van der Waals surface area (Å²) in [5.41, 5.74) is 1.22. The predicted octanol–water partition coefficient (Wildman–Crippen LogP) is 3.93. The van der Waals surface area contributed by atoms with Gasteiger partial charge in [-0.2, -0.15) is 0 Å². The van der Waals surface area contributed by atoms with Gasteiger partial charge in [0.15, 0.2) is 5.16 Å². The lowest BCUT2D eigenvalue weighted by Crippen LogP contribution is -2.40. The van der Waals surface area contributed by atoms with Crippen LogP contribution < -0.4 is 10.9 Å². The Morgan fingerprint density at radius 1 is 1.19 bits per heavy atom. The lowest BCUT2D eigenvalue weighted by atomic mass is 10.2. The molecule has 0 aliphatic rings. The molecule has 0 spiro atoms. The van der Waals surface area contributed by atoms with E-state index in [-0.39, 0.29) is 11.5 Å². The number of nitrogens with zero attached hydrogens (tertiary/aromatic N) is 4. The van der Waals surface area contributed by atoms with E-state index in [1.165, 1.54) is 11.8 Å². The molecule has 1 unspecified atom stereocenters. The molecule has 0 fully saturated rings. The Labute approximate surface area is 192 Å². The summed E-state index contributed by atoms with van der Waals surface area (Å²) in [5, 5.41) is 7.11. The third-order valence-corrected chi connectivity index (χ3v) is 6.35. The smallest absolute Gasteiger partial charge is 0.262 e. The molecule has 32 heavy (non-hydrogen) atoms. The van der Waals surface area contributed by atoms with Crippen molar-refractivity contribution in [1.82, 2.24) is 19.6 Å². The minimum atomic E-state index is -0.494. The molecule has 3 rings (SSSR count). The first-order valence-electron chi connectivity index (χ1n) is 10.8. The Balaban J connectivity index is 1.89. The number of anilines is 1. The molecule has 1 atom stereocenters. The molecule has 9 heteroatoms. The molecule has 0 saturated heterocycles. The van der Waals surface area contributed by atoms with Crippen LogP contribution in [0.25, 0.3) is 10.9 Å². The maximum absolute atomic E-state index is 13.3. The van der Waals surface area contributed by atoms with Crippen LogP contribution in [-0.4, -0.2) is 49.4 Å². The van der Waals surface area contributed by atoms with Crippen LogP contribution in [0.4, 0.5) is 5.88 Å². The first-order chi connectivity index (χ1) is 15.2. The summed E-state index contributed by atoms with van der Waals surface area (Å²) < 4.78 is 6.77. The Bertz CT molecular complexity index is 1130. The highest BCUT2D eigenvalue weighted by Gasteiger charge is 2.22. The van der Waals surface area contributed by atoms with Crippen molar-refractivity contribution in [2.45, 2.75) is 70.6 Å². The van der Waals surface area contributed by atoms with Crippen molar-refractivity contribution in [3.05, 3.63) is 46.4 Å². The minimum absolute atomic E-state index is 0.0935. The van der Waals surface area contributed by atoms with E-state index in [1.54, 1.807) is 30.5 Å². The zero-order valence-corrected chi connectivity index (χ0v) is 20.3. The lowest BCUT2D eigenvalue weighted by molar-refractivity contribution is -0.115. The molecule has 8 nitrogen and oxygen atoms in total. The Morgan fingerprint density at radius 2 is 1.88 bits per heavy atom. The van der Waals surface area contributed by atoms with Gasteiger partial charge in [0, 0.05) is 31.2 Å². The van der Waals surface area contributed by atoms with Gasteiger partial charge in [-0.1, -0.05) is 29.1 Å². The van der Waals surface area contributed by atoms with Crippen LogP contribution in [-0.2, 0) is 11.3 Å². The van der Waals surface area contributed by atoms with E-state index in [9.17, 15) is 9.59 Å². The molecular weight excluding hydrogens is 426 g/mol. The van der Waals surface area contributed by atoms with Crippen molar-refractivity contribution >= 4 is 34.5 Å². The number of hydrogen-bond donors (Lipinski definition) is 1. The van der Waals surface area contributed by atoms with E-state index in [0.717, 1.165) is 0 Å². The number of aromatic nitrogens is 3. The molecular formula is C23H31N5O3S. The van der Waals surface area contributed by atoms with Crippen molar-refractivity contribution in [2.24, 2.45) is 0 Å². The maximum atomic E-state index is 13.3. The van der Waals surface area contributed by atoms with E-state index >= 15 is 0 Å². The van der Waals surface area contributed by atoms with Gasteiger partial charge < -0.3 is 4.52 Å². The Morgan fingerprint density at radius 3 is 2.50 bits per heavy atom. The van der Waals surface area contributed by atoms with Crippen molar-refractivity contribution in [3.63, 3.8) is 0 Å². The fraction of sp³-hybridized carbons (Fsp3) is 0.478. The quantitative estimate of drug-likeness (QED) is 0.384. The van der Waals surface area contributed by atoms with Gasteiger partial charge in [0.25, 0.3) is 5.56 Å². The van der Waals surface area contributed by atoms with Crippen LogP contribution in [0.15, 0.2) is 44.8 Å². The summed E-state index contributed by atoms with van der Waals surface area (Å²) in [4.78, 5) is 33.1. The van der Waals surface area contributed by atoms with E-state index in [0.29, 0.717) is 52.8 Å². The molecule has 0 aliphatic heterocycles. The number of para-hydroxylation sites is 1. The standard InChI is InChI=1S/C23H31N5O3S/c1-14(2)27(15(3)4)11-12-28-22(30)18-9-7-8-10-19(18)24-23(28)32-17(6)21(29)25-20-13-16(5)26-31-20/h7-10,13-15,17H,11-12H2,1-6H3,(H,25,29). The van der Waals surface area contributed by atoms with Gasteiger partial charge in [-0.25, -0.2) is 4.98 Å². The second-order valence-corrected chi connectivity index (χ2v) is 9.68. The summed E-state index contributed by atoms with van der Waals surface area (Å²) in [7, 11) is 0. The number of hydrogen-bond acceptors (Lipinski definition) is 7. The summed E-state index contributed by atoms with van der Waals surface area (Å²) in [6, 6.07) is 9.67. The van der Waals surface area contributed by atoms with Gasteiger partial charge in [0.2, 0.25) is 11.8 Å². The number of carbonyl (C=O) groups is 1. The summed E-state index contributed by atoms with van der Waals surface area (Å²) in [6.07, 6.45) is 0. The summed E-state index contributed by atoms with van der Waals surface area (Å²) in [5.74, 6) is 0.0550. The first kappa shape index (κ1) is 24.0. The van der Waals surface area contributed by atoms with Crippen LogP contribution in [0, 0.1) is 6.92 Å². The summed E-state index contributed by atoms with van der Waals surface area (Å²) in [6.45, 7) is 13.4. The van der Waals surface area contributed by atoms with Gasteiger partial charge in [0.05, 0.1) is 21.8 Å². The molecule has 1 N–H and O–H groups in total. The number of rotatable bonds is 9. The van der Waals surface area contributed by atoms with Gasteiger partial charge in [-0.3, -0.25) is 24.4 Å². The third kappa shape index (κ3) is 5.58. The van der Waals surface area contributed by atoms with Gasteiger partial charge in [-0.15, -0.1) is 0 Å². The number of carbonyl (C=O) groups excluding carboxylic acids is 1. The third-order valence-electron chi connectivity index (χ3n) is 5.26. The average molecular weight is 458 g/mol. The number of amides is 1. The molecule has 0 saturated carbocycles. The Hall–Kier alpha value is -2.65. The van der Waals surface area contributed by atoms with E-state index in [4.69, 9.17) is 9.51 Å². The zero-order valence-electron chi connectivity index (χ0n) is 19.5. The van der Waals surface area contributed by atoms with Crippen LogP contribution in [0.3, 0.4) is 0 Å². The zero-order chi connectivity index (χ0) is 23.4. The number of thioether (sulfide) groups is 1. The van der Waals surface area contributed by atoms with Crippen LogP contribution in [0.5, 0.6) is 0 Å². The second kappa shape index (κ2) is 10.3. The SMILES string of the molecule is Cc1cc(NC(=O)C(C)Sc2nc3ccccc3c(=O)n2CCN(C(C)C)C(C)C)on1. The highest BCUT2D eigenvalue weighted by atomic mass is 32.2. The van der Waals surface area contributed by atoms with Gasteiger partial charge in [-0.05, 0) is 53.7 Å². The van der Waals surface area contributed by atoms with Crippen molar-refractivity contribution in [3.8, 4) is 0 Å². The fourth-order valence-corrected chi connectivity index (χ4v) is 4.55. The van der Waals surface area contributed by atoms with Crippen molar-refractivity contribution < 1.29 is 9.32 Å². The molecule has 172 valence electrons. The molecule has 3 aromatic rings. The van der Waals surface area contributed by atoms with Crippen LogP contribution in [0.2, 0.25) is 0 Å². The van der Waals surface area contributed by atoms with Crippen molar-refractivity contribution in [1.29, 1.82) is 0 Å². The molecule has 1 amide bonds. The highest BCUT2D eigenvalue weighted by Crippen LogP contribution is 2.24. The molecule has 1 aromatic carbocycles. The lowest BCUT2D eigenvalue weighted by Gasteiger charge is -2.31. The number of benzene rings is 1. The molecule has 0 radical (unpaired) electrons.